The van der Waals surface area contributed by atoms with Gasteiger partial charge in [0.05, 0.1) is 29.7 Å². The van der Waals surface area contributed by atoms with E-state index in [0.29, 0.717) is 11.1 Å². The molecule has 0 aromatic heterocycles. The summed E-state index contributed by atoms with van der Waals surface area (Å²) in [6, 6.07) is 10.5. The van der Waals surface area contributed by atoms with Gasteiger partial charge < -0.3 is 5.11 Å². The summed E-state index contributed by atoms with van der Waals surface area (Å²) in [6.45, 7) is 0. The summed E-state index contributed by atoms with van der Waals surface area (Å²) in [6.07, 6.45) is 4.35. The minimum Gasteiger partial charge on any atom is -0.390 e. The van der Waals surface area contributed by atoms with Crippen LogP contribution in [0.2, 0.25) is 0 Å². The van der Waals surface area contributed by atoms with Crippen LogP contribution in [0.3, 0.4) is 0 Å². The maximum Gasteiger partial charge on any atom is 0.0991 e. The lowest BCUT2D eigenvalue weighted by molar-refractivity contribution is 0.167. The number of nitriles is 2. The second-order valence-electron chi connectivity index (χ2n) is 3.32. The smallest absolute Gasteiger partial charge is 0.0991 e. The van der Waals surface area contributed by atoms with Crippen LogP contribution in [0.4, 0.5) is 0 Å². The van der Waals surface area contributed by atoms with Gasteiger partial charge in [0.15, 0.2) is 0 Å². The highest BCUT2D eigenvalue weighted by Crippen LogP contribution is 2.21. The zero-order valence-electron chi connectivity index (χ0n) is 8.59. The van der Waals surface area contributed by atoms with E-state index in [9.17, 15) is 5.11 Å². The van der Waals surface area contributed by atoms with Crippen molar-refractivity contribution in [2.24, 2.45) is 0 Å². The lowest BCUT2D eigenvalue weighted by Crippen LogP contribution is -2.16. The molecule has 0 aliphatic carbocycles. The molecule has 0 saturated carbocycles. The maximum atomic E-state index is 9.66. The Bertz CT molecular complexity index is 471. The first kappa shape index (κ1) is 11.8. The summed E-state index contributed by atoms with van der Waals surface area (Å²) in [5.74, 6) is 1.67. The fraction of sp³-hybridized carbons (Fsp3) is 0.231. The second-order valence-corrected chi connectivity index (χ2v) is 3.32. The Morgan fingerprint density at radius 2 is 1.88 bits per heavy atom. The molecule has 0 spiro atoms. The molecule has 3 nitrogen and oxygen atoms in total. The average molecular weight is 210 g/mol. The molecule has 3 heteroatoms. The Morgan fingerprint density at radius 3 is 2.31 bits per heavy atom. The molecule has 1 aromatic rings. The van der Waals surface area contributed by atoms with Crippen molar-refractivity contribution in [3.05, 3.63) is 35.4 Å². The van der Waals surface area contributed by atoms with Crippen LogP contribution < -0.4 is 0 Å². The van der Waals surface area contributed by atoms with E-state index < -0.39 is 12.0 Å². The van der Waals surface area contributed by atoms with Gasteiger partial charge in [0.25, 0.3) is 0 Å². The van der Waals surface area contributed by atoms with Crippen molar-refractivity contribution in [3.63, 3.8) is 0 Å². The summed E-state index contributed by atoms with van der Waals surface area (Å²) < 4.78 is 0. The fourth-order valence-electron chi connectivity index (χ4n) is 1.39. The molecule has 1 N–H and O–H groups in total. The predicted molar refractivity (Wildman–Crippen MR) is 59.0 cm³/mol. The van der Waals surface area contributed by atoms with Gasteiger partial charge in [-0.2, -0.15) is 10.5 Å². The molecule has 0 aliphatic rings. The number of hydrogen-bond donors (Lipinski definition) is 1. The lowest BCUT2D eigenvalue weighted by Gasteiger charge is -2.14. The van der Waals surface area contributed by atoms with E-state index in [2.05, 4.69) is 5.92 Å². The molecular weight excluding hydrogens is 200 g/mol. The normalized spacial score (nSPS) is 12.9. The van der Waals surface area contributed by atoms with E-state index in [1.54, 1.807) is 24.3 Å². The average Bonchev–Trinajstić information content (AvgIpc) is 2.31. The van der Waals surface area contributed by atoms with E-state index in [0.717, 1.165) is 0 Å². The van der Waals surface area contributed by atoms with Gasteiger partial charge in [-0.05, 0) is 17.7 Å². The highest BCUT2D eigenvalue weighted by molar-refractivity contribution is 5.35. The SMILES string of the molecule is C#CCC(O)C(C#N)c1ccc(C#N)cc1. The molecule has 1 aromatic carbocycles. The number of aliphatic hydroxyl groups excluding tert-OH is 1. The van der Waals surface area contributed by atoms with Gasteiger partial charge in [-0.1, -0.05) is 12.1 Å². The Morgan fingerprint density at radius 1 is 1.25 bits per heavy atom. The Balaban J connectivity index is 2.94. The van der Waals surface area contributed by atoms with Crippen LogP contribution in [0.15, 0.2) is 24.3 Å². The van der Waals surface area contributed by atoms with Crippen molar-refractivity contribution in [1.29, 1.82) is 10.5 Å². The quantitative estimate of drug-likeness (QED) is 0.769. The molecule has 1 rings (SSSR count). The van der Waals surface area contributed by atoms with Gasteiger partial charge in [0.1, 0.15) is 0 Å². The van der Waals surface area contributed by atoms with Gasteiger partial charge >= 0.3 is 0 Å². The Hall–Kier alpha value is -2.28. The van der Waals surface area contributed by atoms with E-state index in [4.69, 9.17) is 16.9 Å². The predicted octanol–water partition coefficient (Wildman–Crippen LogP) is 1.55. The molecule has 0 saturated heterocycles. The first-order chi connectivity index (χ1) is 7.72. The molecular formula is C13H10N2O. The highest BCUT2D eigenvalue weighted by atomic mass is 16.3. The number of terminal acetylenes is 1. The van der Waals surface area contributed by atoms with Crippen LogP contribution in [-0.4, -0.2) is 11.2 Å². The van der Waals surface area contributed by atoms with Gasteiger partial charge in [-0.25, -0.2) is 0 Å². The first-order valence-electron chi connectivity index (χ1n) is 4.74. The van der Waals surface area contributed by atoms with E-state index in [1.807, 2.05) is 12.1 Å². The highest BCUT2D eigenvalue weighted by Gasteiger charge is 2.19. The summed E-state index contributed by atoms with van der Waals surface area (Å²) in [5.41, 5.74) is 1.19. The maximum absolute atomic E-state index is 9.66. The van der Waals surface area contributed by atoms with Gasteiger partial charge in [0, 0.05) is 6.42 Å². The molecule has 16 heavy (non-hydrogen) atoms. The molecule has 0 bridgehead atoms. The largest absolute Gasteiger partial charge is 0.390 e. The van der Waals surface area contributed by atoms with Crippen molar-refractivity contribution in [2.45, 2.75) is 18.4 Å². The van der Waals surface area contributed by atoms with Crippen molar-refractivity contribution >= 4 is 0 Å². The number of hydrogen-bond acceptors (Lipinski definition) is 3. The number of aliphatic hydroxyl groups is 1. The minimum atomic E-state index is -0.872. The molecule has 2 atom stereocenters. The topological polar surface area (TPSA) is 67.8 Å². The van der Waals surface area contributed by atoms with Crippen LogP contribution in [0.1, 0.15) is 23.5 Å². The van der Waals surface area contributed by atoms with E-state index in [1.165, 1.54) is 0 Å². The zero-order chi connectivity index (χ0) is 12.0. The molecule has 0 fully saturated rings. The number of benzene rings is 1. The van der Waals surface area contributed by atoms with Crippen molar-refractivity contribution in [2.75, 3.05) is 0 Å². The molecule has 0 radical (unpaired) electrons. The number of rotatable bonds is 3. The monoisotopic (exact) mass is 210 g/mol. The van der Waals surface area contributed by atoms with Gasteiger partial charge in [0.2, 0.25) is 0 Å². The van der Waals surface area contributed by atoms with Crippen LogP contribution in [0.25, 0.3) is 0 Å². The Kier molecular flexibility index (Phi) is 4.10. The lowest BCUT2D eigenvalue weighted by atomic mass is 9.92. The number of nitrogens with zero attached hydrogens (tertiary/aromatic N) is 2. The van der Waals surface area contributed by atoms with Crippen LogP contribution >= 0.6 is 0 Å². The zero-order valence-corrected chi connectivity index (χ0v) is 8.59. The molecule has 78 valence electrons. The third kappa shape index (κ3) is 2.61. The Labute approximate surface area is 94.6 Å². The van der Waals surface area contributed by atoms with Crippen LogP contribution in [-0.2, 0) is 0 Å². The first-order valence-corrected chi connectivity index (χ1v) is 4.74. The summed E-state index contributed by atoms with van der Waals surface area (Å²) in [7, 11) is 0. The second kappa shape index (κ2) is 5.56. The van der Waals surface area contributed by atoms with Crippen molar-refractivity contribution in [3.8, 4) is 24.5 Å². The standard InChI is InChI=1S/C13H10N2O/c1-2-3-13(16)12(9-15)11-6-4-10(8-14)5-7-11/h1,4-7,12-13,16H,3H2. The van der Waals surface area contributed by atoms with Crippen molar-refractivity contribution < 1.29 is 5.11 Å². The summed E-state index contributed by atoms with van der Waals surface area (Å²) in [4.78, 5) is 0. The molecule has 0 heterocycles. The van der Waals surface area contributed by atoms with Crippen LogP contribution in [0.5, 0.6) is 0 Å². The molecule has 0 aliphatic heterocycles. The third-order valence-electron chi connectivity index (χ3n) is 2.25. The van der Waals surface area contributed by atoms with E-state index in [-0.39, 0.29) is 6.42 Å². The van der Waals surface area contributed by atoms with Gasteiger partial charge in [-0.15, -0.1) is 12.3 Å². The fourth-order valence-corrected chi connectivity index (χ4v) is 1.39. The van der Waals surface area contributed by atoms with Gasteiger partial charge in [-0.3, -0.25) is 0 Å². The molecule has 0 amide bonds. The molecule has 2 unspecified atom stereocenters. The van der Waals surface area contributed by atoms with Crippen molar-refractivity contribution in [1.82, 2.24) is 0 Å². The minimum absolute atomic E-state index is 0.137. The van der Waals surface area contributed by atoms with E-state index >= 15 is 0 Å². The third-order valence-corrected chi connectivity index (χ3v) is 2.25. The summed E-state index contributed by atoms with van der Waals surface area (Å²) in [5, 5.41) is 27.2. The summed E-state index contributed by atoms with van der Waals surface area (Å²) >= 11 is 0. The van der Waals surface area contributed by atoms with Crippen LogP contribution in [0, 0.1) is 35.0 Å².